The highest BCUT2D eigenvalue weighted by Crippen LogP contribution is 2.48. The first-order chi connectivity index (χ1) is 22.3. The number of hydrogen-bond donors (Lipinski definition) is 3. The first-order valence-corrected chi connectivity index (χ1v) is 16.4. The first kappa shape index (κ1) is 35.9. The summed E-state index contributed by atoms with van der Waals surface area (Å²) < 4.78 is 73.7. The maximum Gasteiger partial charge on any atom is 0.459 e. The summed E-state index contributed by atoms with van der Waals surface area (Å²) in [6, 6.07) is 10.8. The minimum absolute atomic E-state index is 0.0235. The third-order valence-electron chi connectivity index (χ3n) is 6.75. The van der Waals surface area contributed by atoms with Crippen LogP contribution >= 0.6 is 7.75 Å². The molecule has 0 bridgehead atoms. The normalized spacial score (nSPS) is 16.4. The summed E-state index contributed by atoms with van der Waals surface area (Å²) in [5.41, 5.74) is 5.87. The van der Waals surface area contributed by atoms with Crippen molar-refractivity contribution in [2.24, 2.45) is 5.92 Å². The molecule has 0 aliphatic heterocycles. The van der Waals surface area contributed by atoms with Gasteiger partial charge in [-0.1, -0.05) is 50.2 Å². The van der Waals surface area contributed by atoms with E-state index in [1.54, 1.807) is 43.3 Å². The fourth-order valence-corrected chi connectivity index (χ4v) is 5.85. The minimum Gasteiger partial charge on any atom is -0.476 e. The number of hydrogen-bond acceptors (Lipinski definition) is 12. The second-order valence-corrected chi connectivity index (χ2v) is 12.7. The molecule has 0 radical (unpaired) electrons. The highest BCUT2D eigenvalue weighted by molar-refractivity contribution is 7.52. The van der Waals surface area contributed by atoms with Gasteiger partial charge in [-0.15, -0.1) is 0 Å². The van der Waals surface area contributed by atoms with Crippen LogP contribution in [0.25, 0.3) is 21.9 Å². The van der Waals surface area contributed by atoms with Crippen molar-refractivity contribution in [1.82, 2.24) is 24.6 Å². The topological polar surface area (TPSA) is 182 Å². The molecule has 2 unspecified atom stereocenters. The van der Waals surface area contributed by atoms with Gasteiger partial charge in [0.15, 0.2) is 17.4 Å². The van der Waals surface area contributed by atoms with Crippen LogP contribution in [0.5, 0.6) is 11.6 Å². The van der Waals surface area contributed by atoms with Crippen LogP contribution in [0, 0.1) is 5.92 Å². The lowest BCUT2D eigenvalue weighted by atomic mass is 10.1. The Morgan fingerprint density at radius 2 is 1.87 bits per heavy atom. The van der Waals surface area contributed by atoms with Crippen LogP contribution in [-0.2, 0) is 23.4 Å². The number of nitrogens with one attached hydrogen (secondary N) is 1. The molecule has 2 heterocycles. The van der Waals surface area contributed by atoms with Gasteiger partial charge in [-0.3, -0.25) is 13.9 Å². The predicted octanol–water partition coefficient (Wildman–Crippen LogP) is 4.87. The van der Waals surface area contributed by atoms with Gasteiger partial charge in [0.2, 0.25) is 11.8 Å². The summed E-state index contributed by atoms with van der Waals surface area (Å²) in [6.45, 7) is 5.56. The number of aliphatic hydroxyl groups is 1. The molecule has 0 fully saturated rings. The van der Waals surface area contributed by atoms with E-state index in [2.05, 4.69) is 20.0 Å². The number of benzene rings is 2. The molecule has 0 aliphatic carbocycles. The molecule has 0 aliphatic rings. The lowest BCUT2D eigenvalue weighted by Gasteiger charge is -2.33. The Bertz CT molecular complexity index is 1720. The number of esters is 1. The molecule has 0 amide bonds. The number of aliphatic hydroxyl groups excluding tert-OH is 1. The Morgan fingerprint density at radius 1 is 1.15 bits per heavy atom. The summed E-state index contributed by atoms with van der Waals surface area (Å²) in [5, 5.41) is 14.3. The number of carbonyl (C=O) groups is 1. The van der Waals surface area contributed by atoms with Gasteiger partial charge in [0.1, 0.15) is 31.2 Å². The van der Waals surface area contributed by atoms with Gasteiger partial charge in [-0.25, -0.2) is 18.3 Å². The van der Waals surface area contributed by atoms with Gasteiger partial charge in [-0.2, -0.15) is 15.1 Å². The van der Waals surface area contributed by atoms with E-state index in [1.165, 1.54) is 13.0 Å². The van der Waals surface area contributed by atoms with E-state index in [0.29, 0.717) is 5.39 Å². The summed E-state index contributed by atoms with van der Waals surface area (Å²) >= 11 is 0. The van der Waals surface area contributed by atoms with E-state index in [9.17, 15) is 18.9 Å². The van der Waals surface area contributed by atoms with Crippen molar-refractivity contribution < 1.29 is 46.5 Å². The number of fused-ring (bicyclic) bond motifs is 2. The lowest BCUT2D eigenvalue weighted by Crippen LogP contribution is -2.46. The lowest BCUT2D eigenvalue weighted by molar-refractivity contribution is -0.259. The van der Waals surface area contributed by atoms with Crippen molar-refractivity contribution in [3.63, 3.8) is 0 Å². The summed E-state index contributed by atoms with van der Waals surface area (Å²) in [6.07, 6.45) is -2.59. The van der Waals surface area contributed by atoms with E-state index >= 15 is 4.39 Å². The number of anilines is 1. The molecule has 17 heteroatoms. The highest BCUT2D eigenvalue weighted by atomic mass is 31.2. The van der Waals surface area contributed by atoms with E-state index in [4.69, 9.17) is 29.0 Å². The number of ether oxygens (including phenoxy) is 3. The Balaban J connectivity index is 1.64. The Labute approximate surface area is 270 Å². The molecule has 2 aromatic heterocycles. The molecule has 2 aromatic carbocycles. The van der Waals surface area contributed by atoms with Gasteiger partial charge < -0.3 is 29.6 Å². The third-order valence-corrected chi connectivity index (χ3v) is 8.36. The number of nitrogen functional groups attached to an aromatic ring is 1. The van der Waals surface area contributed by atoms with Crippen LogP contribution in [0.15, 0.2) is 48.8 Å². The monoisotopic (exact) mass is 680 g/mol. The SMILES string of the molecule is CCOc1nc(N)nc2c1ncn2[C@H](CF)O[C@](F)(COP(=O)(NC(C)C(=O)OCC(C)C)Oc1cccc2ccccc12)[C@H](C)O. The average molecular weight is 681 g/mol. The Morgan fingerprint density at radius 3 is 2.55 bits per heavy atom. The molecule has 47 heavy (non-hydrogen) atoms. The molecular weight excluding hydrogens is 641 g/mol. The molecular formula is C30H39F2N6O8P. The summed E-state index contributed by atoms with van der Waals surface area (Å²) in [4.78, 5) is 24.8. The zero-order valence-corrected chi connectivity index (χ0v) is 27.5. The molecule has 4 aromatic rings. The standard InChI is InChI=1S/C30H39F2N6O8P/c1-6-42-27-25-26(35-29(33)36-27)38(17-34-25)24(14-31)45-30(32,20(5)39)16-44-47(41,37-19(4)28(40)43-15-18(2)3)46-23-13-9-11-21-10-7-8-12-22(21)23/h7-13,17-20,24,39H,6,14-16H2,1-5H3,(H,37,41)(H2,33,35,36)/t19?,20-,24-,30+,47?/m0/s1. The second kappa shape index (κ2) is 15.3. The number of nitrogens with zero attached hydrogens (tertiary/aromatic N) is 4. The molecule has 256 valence electrons. The van der Waals surface area contributed by atoms with Crippen LogP contribution in [0.2, 0.25) is 0 Å². The maximum atomic E-state index is 16.5. The zero-order chi connectivity index (χ0) is 34.4. The minimum atomic E-state index is -4.66. The number of rotatable bonds is 17. The molecule has 5 atom stereocenters. The van der Waals surface area contributed by atoms with Crippen LogP contribution in [-0.4, -0.2) is 75.1 Å². The number of halogens is 2. The molecule has 0 saturated heterocycles. The smallest absolute Gasteiger partial charge is 0.459 e. The van der Waals surface area contributed by atoms with E-state index < -0.39 is 51.2 Å². The van der Waals surface area contributed by atoms with Gasteiger partial charge in [-0.05, 0) is 38.1 Å². The quantitative estimate of drug-likeness (QED) is 0.102. The van der Waals surface area contributed by atoms with Crippen molar-refractivity contribution in [3.05, 3.63) is 48.8 Å². The Hall–Kier alpha value is -3.95. The molecule has 4 N–H and O–H groups in total. The van der Waals surface area contributed by atoms with E-state index in [0.717, 1.165) is 23.2 Å². The second-order valence-electron chi connectivity index (χ2n) is 11.0. The number of carbonyl (C=O) groups excluding carboxylic acids is 1. The zero-order valence-electron chi connectivity index (χ0n) is 26.6. The average Bonchev–Trinajstić information content (AvgIpc) is 3.45. The van der Waals surface area contributed by atoms with Gasteiger partial charge in [0, 0.05) is 5.39 Å². The van der Waals surface area contributed by atoms with Crippen LogP contribution in [0.3, 0.4) is 0 Å². The van der Waals surface area contributed by atoms with Crippen molar-refractivity contribution in [2.75, 3.05) is 32.2 Å². The number of aromatic nitrogens is 4. The van der Waals surface area contributed by atoms with Crippen molar-refractivity contribution in [1.29, 1.82) is 0 Å². The third kappa shape index (κ3) is 8.70. The van der Waals surface area contributed by atoms with Crippen molar-refractivity contribution in [2.45, 2.75) is 58.8 Å². The largest absolute Gasteiger partial charge is 0.476 e. The molecule has 0 saturated carbocycles. The number of alkyl halides is 2. The fraction of sp³-hybridized carbons (Fsp3) is 0.467. The van der Waals surface area contributed by atoms with Crippen molar-refractivity contribution in [3.8, 4) is 11.6 Å². The van der Waals surface area contributed by atoms with E-state index in [-0.39, 0.29) is 47.9 Å². The predicted molar refractivity (Wildman–Crippen MR) is 169 cm³/mol. The van der Waals surface area contributed by atoms with Crippen molar-refractivity contribution >= 4 is 41.6 Å². The Kier molecular flexibility index (Phi) is 11.7. The number of imidazole rings is 1. The van der Waals surface area contributed by atoms with Crippen LogP contribution in [0.4, 0.5) is 14.7 Å². The summed E-state index contributed by atoms with van der Waals surface area (Å²) in [5.74, 6) is -4.02. The van der Waals surface area contributed by atoms with Crippen LogP contribution in [0.1, 0.15) is 40.8 Å². The molecule has 4 rings (SSSR count). The van der Waals surface area contributed by atoms with Crippen LogP contribution < -0.4 is 20.1 Å². The van der Waals surface area contributed by atoms with E-state index in [1.807, 2.05) is 13.8 Å². The van der Waals surface area contributed by atoms with Gasteiger partial charge in [0.05, 0.1) is 19.5 Å². The van der Waals surface area contributed by atoms with Gasteiger partial charge in [0.25, 0.3) is 5.85 Å². The maximum absolute atomic E-state index is 16.5. The van der Waals surface area contributed by atoms with Gasteiger partial charge >= 0.3 is 13.7 Å². The fourth-order valence-electron chi connectivity index (χ4n) is 4.33. The summed E-state index contributed by atoms with van der Waals surface area (Å²) in [7, 11) is -4.66. The number of nitrogens with two attached hydrogens (primary N) is 1. The highest BCUT2D eigenvalue weighted by Gasteiger charge is 2.45. The molecule has 14 nitrogen and oxygen atoms in total. The first-order valence-electron chi connectivity index (χ1n) is 14.9. The molecule has 0 spiro atoms.